The summed E-state index contributed by atoms with van der Waals surface area (Å²) in [5.74, 6) is 0.465. The number of hydrogen-bond donors (Lipinski definition) is 1. The van der Waals surface area contributed by atoms with Gasteiger partial charge >= 0.3 is 0 Å². The van der Waals surface area contributed by atoms with Crippen LogP contribution in [0.25, 0.3) is 6.08 Å². The summed E-state index contributed by atoms with van der Waals surface area (Å²) >= 11 is 0. The van der Waals surface area contributed by atoms with Crippen LogP contribution in [0.4, 0.5) is 11.4 Å². The number of ether oxygens (including phenoxy) is 1. The van der Waals surface area contributed by atoms with Gasteiger partial charge in [-0.25, -0.2) is 0 Å². The molecule has 1 atom stereocenters. The van der Waals surface area contributed by atoms with Crippen LogP contribution in [0, 0.1) is 0 Å². The van der Waals surface area contributed by atoms with Gasteiger partial charge in [-0.15, -0.1) is 0 Å². The van der Waals surface area contributed by atoms with E-state index in [1.165, 1.54) is 6.08 Å². The highest BCUT2D eigenvalue weighted by Crippen LogP contribution is 2.23. The van der Waals surface area contributed by atoms with E-state index in [1.54, 1.807) is 31.6 Å². The second kappa shape index (κ2) is 7.15. The maximum atomic E-state index is 11.9. The number of carbonyl (C=O) groups excluding carboxylic acids is 1. The maximum absolute atomic E-state index is 11.9. The minimum absolute atomic E-state index is 0.185. The summed E-state index contributed by atoms with van der Waals surface area (Å²) in [6.45, 7) is 1.91. The number of carbonyl (C=O) groups is 1. The first-order valence-corrected chi connectivity index (χ1v) is 7.65. The van der Waals surface area contributed by atoms with Crippen molar-refractivity contribution in [2.24, 2.45) is 0 Å². The van der Waals surface area contributed by atoms with Gasteiger partial charge in [-0.2, -0.15) is 0 Å². The van der Waals surface area contributed by atoms with Crippen LogP contribution >= 0.6 is 0 Å². The highest BCUT2D eigenvalue weighted by Gasteiger charge is 2.21. The van der Waals surface area contributed by atoms with Gasteiger partial charge in [-0.05, 0) is 48.9 Å². The van der Waals surface area contributed by atoms with E-state index in [-0.39, 0.29) is 5.91 Å². The van der Waals surface area contributed by atoms with Gasteiger partial charge in [-0.1, -0.05) is 0 Å². The highest BCUT2D eigenvalue weighted by molar-refractivity contribution is 6.01. The van der Waals surface area contributed by atoms with Crippen molar-refractivity contribution in [2.75, 3.05) is 30.4 Å². The van der Waals surface area contributed by atoms with Crippen LogP contribution in [0.2, 0.25) is 0 Å². The Labute approximate surface area is 135 Å². The van der Waals surface area contributed by atoms with Crippen molar-refractivity contribution in [3.63, 3.8) is 0 Å². The zero-order valence-corrected chi connectivity index (χ0v) is 13.1. The number of nitrogens with zero attached hydrogens (tertiary/aromatic N) is 1. The van der Waals surface area contributed by atoms with Gasteiger partial charge in [0, 0.05) is 37.7 Å². The second-order valence-electron chi connectivity index (χ2n) is 5.48. The summed E-state index contributed by atoms with van der Waals surface area (Å²) in [4.78, 5) is 14.2. The average Bonchev–Trinajstić information content (AvgIpc) is 3.25. The van der Waals surface area contributed by atoms with E-state index in [9.17, 15) is 4.79 Å². The van der Waals surface area contributed by atoms with E-state index in [1.807, 2.05) is 24.3 Å². The minimum Gasteiger partial charge on any atom is -0.465 e. The summed E-state index contributed by atoms with van der Waals surface area (Å²) in [7, 11) is 1.75. The Morgan fingerprint density at radius 1 is 1.35 bits per heavy atom. The van der Waals surface area contributed by atoms with Crippen LogP contribution in [0.15, 0.2) is 53.2 Å². The van der Waals surface area contributed by atoms with E-state index < -0.39 is 0 Å². The van der Waals surface area contributed by atoms with Crippen molar-refractivity contribution in [1.29, 1.82) is 0 Å². The number of benzene rings is 1. The highest BCUT2D eigenvalue weighted by atomic mass is 16.5. The lowest BCUT2D eigenvalue weighted by Crippen LogP contribution is -2.22. The predicted molar refractivity (Wildman–Crippen MR) is 90.4 cm³/mol. The smallest absolute Gasteiger partial charge is 0.248 e. The quantitative estimate of drug-likeness (QED) is 0.862. The molecule has 3 rings (SSSR count). The number of hydrogen-bond acceptors (Lipinski definition) is 4. The van der Waals surface area contributed by atoms with Crippen LogP contribution in [-0.4, -0.2) is 32.2 Å². The normalized spacial score (nSPS) is 17.8. The molecule has 1 N–H and O–H groups in total. The first-order chi connectivity index (χ1) is 11.2. The fourth-order valence-corrected chi connectivity index (χ4v) is 2.64. The summed E-state index contributed by atoms with van der Waals surface area (Å²) < 4.78 is 10.5. The molecule has 5 heteroatoms. The molecule has 1 unspecified atom stereocenters. The molecule has 5 nitrogen and oxygen atoms in total. The third-order valence-corrected chi connectivity index (χ3v) is 3.92. The third-order valence-electron chi connectivity index (χ3n) is 3.92. The van der Waals surface area contributed by atoms with Gasteiger partial charge in [0.1, 0.15) is 5.76 Å². The van der Waals surface area contributed by atoms with Gasteiger partial charge in [0.25, 0.3) is 0 Å². The molecule has 0 spiro atoms. The first kappa shape index (κ1) is 15.4. The van der Waals surface area contributed by atoms with Crippen LogP contribution in [0.5, 0.6) is 0 Å². The average molecular weight is 312 g/mol. The van der Waals surface area contributed by atoms with Crippen LogP contribution in [-0.2, 0) is 9.53 Å². The maximum Gasteiger partial charge on any atom is 0.248 e. The van der Waals surface area contributed by atoms with Gasteiger partial charge in [-0.3, -0.25) is 4.79 Å². The van der Waals surface area contributed by atoms with Crippen molar-refractivity contribution in [2.45, 2.75) is 12.5 Å². The van der Waals surface area contributed by atoms with Crippen molar-refractivity contribution in [3.05, 3.63) is 54.5 Å². The summed E-state index contributed by atoms with van der Waals surface area (Å²) in [6, 6.07) is 11.4. The second-order valence-corrected chi connectivity index (χ2v) is 5.48. The Hall–Kier alpha value is -2.53. The number of rotatable bonds is 5. The molecule has 2 heterocycles. The topological polar surface area (TPSA) is 54.7 Å². The molecular weight excluding hydrogens is 292 g/mol. The zero-order valence-electron chi connectivity index (χ0n) is 13.1. The van der Waals surface area contributed by atoms with E-state index in [0.717, 1.165) is 30.9 Å². The van der Waals surface area contributed by atoms with Gasteiger partial charge in [0.15, 0.2) is 0 Å². The fraction of sp³-hybridized carbons (Fsp3) is 0.278. The molecule has 0 saturated carbocycles. The lowest BCUT2D eigenvalue weighted by Gasteiger charge is -2.18. The van der Waals surface area contributed by atoms with Crippen LogP contribution in [0.3, 0.4) is 0 Å². The molecule has 0 radical (unpaired) electrons. The molecule has 1 amide bonds. The summed E-state index contributed by atoms with van der Waals surface area (Å²) in [6.07, 6.45) is 6.02. The molecule has 1 aromatic carbocycles. The van der Waals surface area contributed by atoms with E-state index in [2.05, 4.69) is 10.2 Å². The molecule has 0 bridgehead atoms. The Morgan fingerprint density at radius 2 is 2.17 bits per heavy atom. The Morgan fingerprint density at radius 3 is 2.83 bits per heavy atom. The van der Waals surface area contributed by atoms with Gasteiger partial charge < -0.3 is 19.4 Å². The number of nitrogens with one attached hydrogen (secondary N) is 1. The summed E-state index contributed by atoms with van der Waals surface area (Å²) in [5.41, 5.74) is 1.92. The Bertz CT molecular complexity index is 662. The molecule has 23 heavy (non-hydrogen) atoms. The molecule has 1 aromatic heterocycles. The van der Waals surface area contributed by atoms with Crippen LogP contribution < -0.4 is 10.2 Å². The molecule has 120 valence electrons. The molecule has 1 aliphatic rings. The largest absolute Gasteiger partial charge is 0.465 e. The van der Waals surface area contributed by atoms with E-state index >= 15 is 0 Å². The van der Waals surface area contributed by atoms with Gasteiger partial charge in [0.05, 0.1) is 12.4 Å². The number of anilines is 2. The first-order valence-electron chi connectivity index (χ1n) is 7.65. The standard InChI is InChI=1S/C18H20N2O3/c1-22-17-10-11-20(13-17)15-6-4-14(5-7-15)19-18(21)9-8-16-3-2-12-23-16/h2-9,12,17H,10-11,13H2,1H3,(H,19,21). The molecule has 1 saturated heterocycles. The molecular formula is C18H20N2O3. The van der Waals surface area contributed by atoms with E-state index in [0.29, 0.717) is 11.9 Å². The fourth-order valence-electron chi connectivity index (χ4n) is 2.64. The molecule has 2 aromatic rings. The van der Waals surface area contributed by atoms with Crippen LogP contribution in [0.1, 0.15) is 12.2 Å². The lowest BCUT2D eigenvalue weighted by atomic mass is 10.2. The SMILES string of the molecule is COC1CCN(c2ccc(NC(=O)C=Cc3ccco3)cc2)C1. The van der Waals surface area contributed by atoms with Crippen molar-refractivity contribution in [3.8, 4) is 0 Å². The van der Waals surface area contributed by atoms with Crippen molar-refractivity contribution in [1.82, 2.24) is 0 Å². The third kappa shape index (κ3) is 4.02. The number of furan rings is 1. The monoisotopic (exact) mass is 312 g/mol. The molecule has 0 aliphatic carbocycles. The van der Waals surface area contributed by atoms with Crippen molar-refractivity contribution < 1.29 is 13.9 Å². The number of amides is 1. The Kier molecular flexibility index (Phi) is 4.78. The molecule has 1 aliphatic heterocycles. The molecule has 1 fully saturated rings. The van der Waals surface area contributed by atoms with Gasteiger partial charge in [0.2, 0.25) is 5.91 Å². The zero-order chi connectivity index (χ0) is 16.1. The Balaban J connectivity index is 1.56. The summed E-state index contributed by atoms with van der Waals surface area (Å²) in [5, 5.41) is 2.83. The van der Waals surface area contributed by atoms with E-state index in [4.69, 9.17) is 9.15 Å². The lowest BCUT2D eigenvalue weighted by molar-refractivity contribution is -0.111. The number of methoxy groups -OCH3 is 1. The van der Waals surface area contributed by atoms with Crippen molar-refractivity contribution >= 4 is 23.4 Å². The minimum atomic E-state index is -0.185. The predicted octanol–water partition coefficient (Wildman–Crippen LogP) is 3.16.